The second-order valence-corrected chi connectivity index (χ2v) is 8.85. The van der Waals surface area contributed by atoms with E-state index < -0.39 is 17.8 Å². The topological polar surface area (TPSA) is 52.7 Å². The summed E-state index contributed by atoms with van der Waals surface area (Å²) in [7, 11) is 1.83. The first-order chi connectivity index (χ1) is 14.2. The van der Waals surface area contributed by atoms with Gasteiger partial charge in [-0.3, -0.25) is 14.5 Å². The van der Waals surface area contributed by atoms with Crippen LogP contribution in [0.4, 0.5) is 13.2 Å². The Morgan fingerprint density at radius 2 is 1.90 bits per heavy atom. The van der Waals surface area contributed by atoms with Gasteiger partial charge in [0.2, 0.25) is 11.8 Å². The molecule has 0 aromatic heterocycles. The van der Waals surface area contributed by atoms with Crippen molar-refractivity contribution in [3.05, 3.63) is 35.4 Å². The molecule has 3 aliphatic rings. The first-order valence-corrected chi connectivity index (χ1v) is 10.7. The Morgan fingerprint density at radius 1 is 1.23 bits per heavy atom. The van der Waals surface area contributed by atoms with Crippen molar-refractivity contribution in [2.75, 3.05) is 20.1 Å². The first-order valence-electron chi connectivity index (χ1n) is 10.7. The van der Waals surface area contributed by atoms with Gasteiger partial charge in [-0.25, -0.2) is 0 Å². The van der Waals surface area contributed by atoms with Crippen LogP contribution in [0.5, 0.6) is 0 Å². The van der Waals surface area contributed by atoms with Crippen LogP contribution in [0.15, 0.2) is 24.3 Å². The van der Waals surface area contributed by atoms with Gasteiger partial charge in [0.1, 0.15) is 0 Å². The number of amides is 2. The minimum absolute atomic E-state index is 0.0528. The molecule has 1 saturated heterocycles. The van der Waals surface area contributed by atoms with E-state index in [1.807, 2.05) is 16.8 Å². The van der Waals surface area contributed by atoms with Crippen molar-refractivity contribution in [1.29, 1.82) is 0 Å². The number of halogens is 3. The molecule has 1 aromatic carbocycles. The number of benzene rings is 1. The smallest absolute Gasteiger partial charge is 0.353 e. The van der Waals surface area contributed by atoms with Crippen LogP contribution in [-0.2, 0) is 22.3 Å². The summed E-state index contributed by atoms with van der Waals surface area (Å²) in [5.41, 5.74) is -0.218. The fraction of sp³-hybridized carbons (Fsp3) is 0.636. The van der Waals surface area contributed by atoms with Crippen LogP contribution in [-0.4, -0.2) is 53.8 Å². The van der Waals surface area contributed by atoms with Gasteiger partial charge in [0.15, 0.2) is 0 Å². The van der Waals surface area contributed by atoms with E-state index in [0.717, 1.165) is 37.8 Å². The fourth-order valence-electron chi connectivity index (χ4n) is 4.62. The molecular weight excluding hydrogens is 395 g/mol. The summed E-state index contributed by atoms with van der Waals surface area (Å²) in [4.78, 5) is 29.2. The van der Waals surface area contributed by atoms with Gasteiger partial charge in [-0.1, -0.05) is 18.2 Å². The number of alkyl halides is 3. The van der Waals surface area contributed by atoms with Gasteiger partial charge in [-0.15, -0.1) is 0 Å². The van der Waals surface area contributed by atoms with Crippen molar-refractivity contribution in [1.82, 2.24) is 15.1 Å². The van der Waals surface area contributed by atoms with Crippen molar-refractivity contribution in [3.8, 4) is 0 Å². The van der Waals surface area contributed by atoms with Crippen molar-refractivity contribution in [2.45, 2.75) is 56.9 Å². The number of nitrogens with zero attached hydrogens (tertiary/aromatic N) is 2. The highest BCUT2D eigenvalue weighted by Gasteiger charge is 2.45. The zero-order chi connectivity index (χ0) is 21.5. The number of carbonyl (C=O) groups excluding carboxylic acids is 2. The van der Waals surface area contributed by atoms with Crippen molar-refractivity contribution < 1.29 is 22.8 Å². The highest BCUT2D eigenvalue weighted by molar-refractivity contribution is 5.89. The molecule has 5 nitrogen and oxygen atoms in total. The third-order valence-electron chi connectivity index (χ3n) is 6.50. The van der Waals surface area contributed by atoms with Gasteiger partial charge in [-0.05, 0) is 49.1 Å². The molecular formula is C22H28F3N3O2. The van der Waals surface area contributed by atoms with Crippen LogP contribution in [0.25, 0.3) is 0 Å². The summed E-state index contributed by atoms with van der Waals surface area (Å²) >= 11 is 0. The fourth-order valence-corrected chi connectivity index (χ4v) is 4.62. The van der Waals surface area contributed by atoms with E-state index in [0.29, 0.717) is 30.5 Å². The maximum absolute atomic E-state index is 13.0. The van der Waals surface area contributed by atoms with Crippen molar-refractivity contribution in [2.24, 2.45) is 11.8 Å². The highest BCUT2D eigenvalue weighted by atomic mass is 19.4. The standard InChI is InChI=1S/C22H28F3N3O2/c1-27(20(15-5-6-15)16-7-8-16)19(29)12-18-21(30)26-9-10-28(18)13-14-3-2-4-17(11-14)22(23,24)25/h2-4,11,15-16,18,20H,5-10,12-13H2,1H3,(H,26,30). The second kappa shape index (κ2) is 8.21. The third kappa shape index (κ3) is 4.79. The van der Waals surface area contributed by atoms with Crippen molar-refractivity contribution in [3.63, 3.8) is 0 Å². The molecule has 2 amide bonds. The van der Waals surface area contributed by atoms with Gasteiger partial charge < -0.3 is 10.2 Å². The molecule has 2 aliphatic carbocycles. The summed E-state index contributed by atoms with van der Waals surface area (Å²) in [5, 5.41) is 2.80. The van der Waals surface area contributed by atoms with Gasteiger partial charge in [0.25, 0.3) is 0 Å². The number of hydrogen-bond acceptors (Lipinski definition) is 3. The van der Waals surface area contributed by atoms with Crippen LogP contribution in [0, 0.1) is 11.8 Å². The molecule has 164 valence electrons. The van der Waals surface area contributed by atoms with E-state index in [-0.39, 0.29) is 30.8 Å². The molecule has 0 spiro atoms. The van der Waals surface area contributed by atoms with E-state index >= 15 is 0 Å². The molecule has 4 rings (SSSR count). The zero-order valence-corrected chi connectivity index (χ0v) is 17.1. The summed E-state index contributed by atoms with van der Waals surface area (Å²) in [5.74, 6) is 0.861. The van der Waals surface area contributed by atoms with E-state index in [2.05, 4.69) is 5.32 Å². The zero-order valence-electron chi connectivity index (χ0n) is 17.1. The molecule has 30 heavy (non-hydrogen) atoms. The number of piperazine rings is 1. The van der Waals surface area contributed by atoms with Crippen LogP contribution in [0.3, 0.4) is 0 Å². The Kier molecular flexibility index (Phi) is 5.79. The Labute approximate surface area is 174 Å². The lowest BCUT2D eigenvalue weighted by molar-refractivity contribution is -0.140. The Balaban J connectivity index is 1.45. The summed E-state index contributed by atoms with van der Waals surface area (Å²) < 4.78 is 39.1. The summed E-state index contributed by atoms with van der Waals surface area (Å²) in [6.45, 7) is 1.12. The predicted octanol–water partition coefficient (Wildman–Crippen LogP) is 3.04. The van der Waals surface area contributed by atoms with Crippen LogP contribution in [0.1, 0.15) is 43.2 Å². The normalized spacial score (nSPS) is 22.8. The molecule has 2 saturated carbocycles. The molecule has 1 N–H and O–H groups in total. The van der Waals surface area contributed by atoms with E-state index in [4.69, 9.17) is 0 Å². The lowest BCUT2D eigenvalue weighted by Gasteiger charge is -2.36. The Hall–Kier alpha value is -2.09. The molecule has 1 unspecified atom stereocenters. The Bertz CT molecular complexity index is 793. The van der Waals surface area contributed by atoms with Gasteiger partial charge in [0, 0.05) is 32.7 Å². The van der Waals surface area contributed by atoms with Gasteiger partial charge in [-0.2, -0.15) is 13.2 Å². The minimum atomic E-state index is -4.41. The average Bonchev–Trinajstić information content (AvgIpc) is 3.59. The van der Waals surface area contributed by atoms with Crippen molar-refractivity contribution >= 4 is 11.8 Å². The quantitative estimate of drug-likeness (QED) is 0.734. The SMILES string of the molecule is CN(C(=O)CC1C(=O)NCCN1Cc1cccc(C(F)(F)F)c1)C(C1CC1)C1CC1. The van der Waals surface area contributed by atoms with Crippen LogP contribution < -0.4 is 5.32 Å². The van der Waals surface area contributed by atoms with Crippen LogP contribution in [0.2, 0.25) is 0 Å². The third-order valence-corrected chi connectivity index (χ3v) is 6.50. The molecule has 1 atom stereocenters. The molecule has 0 bridgehead atoms. The second-order valence-electron chi connectivity index (χ2n) is 8.85. The monoisotopic (exact) mass is 423 g/mol. The summed E-state index contributed by atoms with van der Waals surface area (Å²) in [6.07, 6.45) is 0.273. The summed E-state index contributed by atoms with van der Waals surface area (Å²) in [6, 6.07) is 4.77. The predicted molar refractivity (Wildman–Crippen MR) is 105 cm³/mol. The molecule has 1 aliphatic heterocycles. The molecule has 1 aromatic rings. The Morgan fingerprint density at radius 3 is 2.50 bits per heavy atom. The molecule has 0 radical (unpaired) electrons. The maximum Gasteiger partial charge on any atom is 0.416 e. The number of carbonyl (C=O) groups is 2. The van der Waals surface area contributed by atoms with E-state index in [9.17, 15) is 22.8 Å². The average molecular weight is 423 g/mol. The van der Waals surface area contributed by atoms with Gasteiger partial charge in [0.05, 0.1) is 18.0 Å². The number of rotatable bonds is 7. The molecule has 3 fully saturated rings. The maximum atomic E-state index is 13.0. The van der Waals surface area contributed by atoms with E-state index in [1.165, 1.54) is 6.07 Å². The number of nitrogens with one attached hydrogen (secondary N) is 1. The van der Waals surface area contributed by atoms with Crippen LogP contribution >= 0.6 is 0 Å². The number of hydrogen-bond donors (Lipinski definition) is 1. The molecule has 8 heteroatoms. The minimum Gasteiger partial charge on any atom is -0.353 e. The lowest BCUT2D eigenvalue weighted by Crippen LogP contribution is -2.56. The largest absolute Gasteiger partial charge is 0.416 e. The first kappa shape index (κ1) is 21.2. The highest BCUT2D eigenvalue weighted by Crippen LogP contribution is 2.47. The van der Waals surface area contributed by atoms with E-state index in [1.54, 1.807) is 6.07 Å². The molecule has 1 heterocycles. The van der Waals surface area contributed by atoms with Gasteiger partial charge >= 0.3 is 6.18 Å². The lowest BCUT2D eigenvalue weighted by atomic mass is 10.0.